The number of pyridine rings is 2. The summed E-state index contributed by atoms with van der Waals surface area (Å²) in [5.74, 6) is 2.34. The Morgan fingerprint density at radius 1 is 1.14 bits per heavy atom. The molecule has 8 nitrogen and oxygen atoms in total. The molecule has 0 bridgehead atoms. The molecule has 8 heteroatoms. The Morgan fingerprint density at radius 3 is 2.64 bits per heavy atom. The number of aromatic nitrogens is 2. The van der Waals surface area contributed by atoms with Crippen LogP contribution in [0.25, 0.3) is 0 Å². The number of amides is 1. The molecule has 0 aromatic carbocycles. The third-order valence-corrected chi connectivity index (χ3v) is 4.56. The number of rotatable bonds is 5. The van der Waals surface area contributed by atoms with E-state index in [1.807, 2.05) is 43.5 Å². The van der Waals surface area contributed by atoms with Crippen LogP contribution in [-0.4, -0.2) is 66.5 Å². The van der Waals surface area contributed by atoms with E-state index in [4.69, 9.17) is 0 Å². The minimum absolute atomic E-state index is 0.0685. The van der Waals surface area contributed by atoms with Crippen molar-refractivity contribution >= 4 is 23.5 Å². The first-order valence-electron chi connectivity index (χ1n) is 9.51. The van der Waals surface area contributed by atoms with Gasteiger partial charge in [0.25, 0.3) is 0 Å². The van der Waals surface area contributed by atoms with E-state index >= 15 is 0 Å². The molecule has 1 fully saturated rings. The molecule has 1 aliphatic rings. The molecular formula is C20H27N7O. The highest BCUT2D eigenvalue weighted by molar-refractivity contribution is 5.90. The minimum atomic E-state index is -0.0685. The number of piperazine rings is 1. The highest BCUT2D eigenvalue weighted by Gasteiger charge is 2.20. The highest BCUT2D eigenvalue weighted by Crippen LogP contribution is 2.12. The summed E-state index contributed by atoms with van der Waals surface area (Å²) in [5, 5.41) is 6.10. The van der Waals surface area contributed by atoms with Crippen LogP contribution in [0.3, 0.4) is 0 Å². The van der Waals surface area contributed by atoms with Crippen molar-refractivity contribution in [3.05, 3.63) is 48.3 Å². The molecule has 0 atom stereocenters. The molecular weight excluding hydrogens is 354 g/mol. The van der Waals surface area contributed by atoms with Gasteiger partial charge in [0.2, 0.25) is 5.91 Å². The summed E-state index contributed by atoms with van der Waals surface area (Å²) in [6.07, 6.45) is 2.17. The predicted molar refractivity (Wildman–Crippen MR) is 112 cm³/mol. The molecule has 1 aliphatic heterocycles. The van der Waals surface area contributed by atoms with Gasteiger partial charge < -0.3 is 20.4 Å². The zero-order chi connectivity index (χ0) is 19.8. The van der Waals surface area contributed by atoms with Crippen molar-refractivity contribution in [3.8, 4) is 0 Å². The Kier molecular flexibility index (Phi) is 6.78. The number of guanidine groups is 1. The van der Waals surface area contributed by atoms with Crippen molar-refractivity contribution in [2.24, 2.45) is 4.99 Å². The summed E-state index contributed by atoms with van der Waals surface area (Å²) in [4.78, 5) is 29.6. The topological polar surface area (TPSA) is 85.7 Å². The van der Waals surface area contributed by atoms with Gasteiger partial charge in [-0.1, -0.05) is 12.1 Å². The van der Waals surface area contributed by atoms with Crippen LogP contribution in [-0.2, 0) is 4.79 Å². The lowest BCUT2D eigenvalue weighted by Crippen LogP contribution is -2.53. The number of hydrogen-bond acceptors (Lipinski definition) is 5. The molecule has 3 heterocycles. The van der Waals surface area contributed by atoms with E-state index in [2.05, 4.69) is 35.4 Å². The molecule has 1 saturated heterocycles. The lowest BCUT2D eigenvalue weighted by Gasteiger charge is -2.37. The number of hydrogen-bond donors (Lipinski definition) is 2. The van der Waals surface area contributed by atoms with Gasteiger partial charge in [0, 0.05) is 58.1 Å². The number of nitrogens with one attached hydrogen (secondary N) is 2. The second kappa shape index (κ2) is 9.68. The maximum absolute atomic E-state index is 12.1. The number of anilines is 2. The van der Waals surface area contributed by atoms with Crippen molar-refractivity contribution in [1.29, 1.82) is 0 Å². The minimum Gasteiger partial charge on any atom is -0.356 e. The summed E-state index contributed by atoms with van der Waals surface area (Å²) < 4.78 is 0. The number of aliphatic imine (C=N–C) groups is 1. The summed E-state index contributed by atoms with van der Waals surface area (Å²) in [5.41, 5.74) is 0.876. The fourth-order valence-electron chi connectivity index (χ4n) is 3.13. The van der Waals surface area contributed by atoms with Gasteiger partial charge in [0.05, 0.1) is 0 Å². The van der Waals surface area contributed by atoms with Gasteiger partial charge in [-0.15, -0.1) is 0 Å². The Hall–Kier alpha value is -3.16. The fraction of sp³-hybridized carbons (Fsp3) is 0.400. The maximum atomic E-state index is 12.1. The van der Waals surface area contributed by atoms with Crippen LogP contribution in [0.2, 0.25) is 0 Å². The van der Waals surface area contributed by atoms with E-state index < -0.39 is 0 Å². The Labute approximate surface area is 165 Å². The molecule has 0 unspecified atom stereocenters. The van der Waals surface area contributed by atoms with Gasteiger partial charge in [-0.3, -0.25) is 9.79 Å². The van der Waals surface area contributed by atoms with E-state index in [1.165, 1.54) is 0 Å². The van der Waals surface area contributed by atoms with Crippen LogP contribution >= 0.6 is 0 Å². The highest BCUT2D eigenvalue weighted by atomic mass is 16.1. The monoisotopic (exact) mass is 381 g/mol. The number of aryl methyl sites for hydroxylation is 1. The Bertz CT molecular complexity index is 801. The van der Waals surface area contributed by atoms with Crippen molar-refractivity contribution in [2.45, 2.75) is 13.3 Å². The molecule has 0 aliphatic carbocycles. The summed E-state index contributed by atoms with van der Waals surface area (Å²) in [6, 6.07) is 11.5. The molecule has 1 amide bonds. The molecule has 2 aromatic rings. The molecule has 2 aromatic heterocycles. The normalized spacial score (nSPS) is 14.7. The third kappa shape index (κ3) is 5.42. The van der Waals surface area contributed by atoms with Crippen LogP contribution in [0.5, 0.6) is 0 Å². The van der Waals surface area contributed by atoms with Crippen LogP contribution in [0, 0.1) is 6.92 Å². The van der Waals surface area contributed by atoms with Crippen LogP contribution in [0.4, 0.5) is 11.6 Å². The summed E-state index contributed by atoms with van der Waals surface area (Å²) in [7, 11) is 1.77. The van der Waals surface area contributed by atoms with Crippen molar-refractivity contribution in [3.63, 3.8) is 0 Å². The molecule has 0 saturated carbocycles. The van der Waals surface area contributed by atoms with Gasteiger partial charge in [0.15, 0.2) is 5.96 Å². The zero-order valence-electron chi connectivity index (χ0n) is 16.4. The summed E-state index contributed by atoms with van der Waals surface area (Å²) in [6.45, 7) is 5.90. The van der Waals surface area contributed by atoms with Gasteiger partial charge >= 0.3 is 0 Å². The van der Waals surface area contributed by atoms with Gasteiger partial charge in [-0.25, -0.2) is 9.97 Å². The lowest BCUT2D eigenvalue weighted by molar-refractivity contribution is -0.116. The first-order valence-corrected chi connectivity index (χ1v) is 9.51. The van der Waals surface area contributed by atoms with Gasteiger partial charge in [-0.05, 0) is 31.2 Å². The van der Waals surface area contributed by atoms with E-state index in [-0.39, 0.29) is 5.91 Å². The molecule has 2 N–H and O–H groups in total. The SMILES string of the molecule is CN=C(NCCC(=O)Nc1cccc(C)n1)N1CCN(c2ccccn2)CC1. The molecule has 0 radical (unpaired) electrons. The fourth-order valence-corrected chi connectivity index (χ4v) is 3.13. The van der Waals surface area contributed by atoms with Crippen molar-refractivity contribution < 1.29 is 4.79 Å². The van der Waals surface area contributed by atoms with E-state index in [0.29, 0.717) is 18.8 Å². The molecule has 28 heavy (non-hydrogen) atoms. The molecule has 3 rings (SSSR count). The Balaban J connectivity index is 1.42. The van der Waals surface area contributed by atoms with Crippen molar-refractivity contribution in [2.75, 3.05) is 50.0 Å². The van der Waals surface area contributed by atoms with Crippen molar-refractivity contribution in [1.82, 2.24) is 20.2 Å². The molecule has 148 valence electrons. The van der Waals surface area contributed by atoms with E-state index in [1.54, 1.807) is 13.1 Å². The largest absolute Gasteiger partial charge is 0.356 e. The second-order valence-corrected chi connectivity index (χ2v) is 6.60. The first kappa shape index (κ1) is 19.6. The predicted octanol–water partition coefficient (Wildman–Crippen LogP) is 1.51. The average Bonchev–Trinajstić information content (AvgIpc) is 2.72. The third-order valence-electron chi connectivity index (χ3n) is 4.56. The lowest BCUT2D eigenvalue weighted by atomic mass is 10.3. The average molecular weight is 381 g/mol. The Morgan fingerprint density at radius 2 is 1.96 bits per heavy atom. The number of nitrogens with zero attached hydrogens (tertiary/aromatic N) is 5. The van der Waals surface area contributed by atoms with Crippen LogP contribution in [0.15, 0.2) is 47.6 Å². The second-order valence-electron chi connectivity index (χ2n) is 6.60. The van der Waals surface area contributed by atoms with E-state index in [0.717, 1.165) is 43.7 Å². The quantitative estimate of drug-likeness (QED) is 0.603. The van der Waals surface area contributed by atoms with Gasteiger partial charge in [-0.2, -0.15) is 0 Å². The molecule has 0 spiro atoms. The summed E-state index contributed by atoms with van der Waals surface area (Å²) >= 11 is 0. The van der Waals surface area contributed by atoms with Crippen LogP contribution in [0.1, 0.15) is 12.1 Å². The first-order chi connectivity index (χ1) is 13.7. The standard InChI is InChI=1S/C20H27N7O/c1-16-6-5-7-17(24-16)25-19(28)9-11-23-20(21-2)27-14-12-26(13-15-27)18-8-3-4-10-22-18/h3-8,10H,9,11-15H2,1-2H3,(H,21,23)(H,24,25,28). The zero-order valence-corrected chi connectivity index (χ0v) is 16.4. The van der Waals surface area contributed by atoms with Gasteiger partial charge in [0.1, 0.15) is 11.6 Å². The number of carbonyl (C=O) groups is 1. The maximum Gasteiger partial charge on any atom is 0.227 e. The van der Waals surface area contributed by atoms with E-state index in [9.17, 15) is 4.79 Å². The van der Waals surface area contributed by atoms with Crippen LogP contribution < -0.4 is 15.5 Å². The smallest absolute Gasteiger partial charge is 0.227 e. The number of carbonyl (C=O) groups excluding carboxylic acids is 1.